The van der Waals surface area contributed by atoms with Gasteiger partial charge in [0.15, 0.2) is 5.78 Å². The van der Waals surface area contributed by atoms with Gasteiger partial charge < -0.3 is 20.1 Å². The van der Waals surface area contributed by atoms with Crippen LogP contribution in [0.3, 0.4) is 0 Å². The number of hydrogen-bond donors (Lipinski definition) is 3. The van der Waals surface area contributed by atoms with Gasteiger partial charge in [0.05, 0.1) is 5.60 Å². The molecule has 2 aliphatic carbocycles. The fourth-order valence-corrected chi connectivity index (χ4v) is 4.42. The fraction of sp³-hybridized carbons (Fsp3) is 0.773. The largest absolute Gasteiger partial charge is 0.509 e. The van der Waals surface area contributed by atoms with Gasteiger partial charge >= 0.3 is 0 Å². The summed E-state index contributed by atoms with van der Waals surface area (Å²) in [5, 5.41) is 30.6. The number of carbonyl (C=O) groups excluding carboxylic acids is 1. The highest BCUT2D eigenvalue weighted by Crippen LogP contribution is 2.45. The quantitative estimate of drug-likeness (QED) is 0.531. The molecular formula is C22H36O5. The third kappa shape index (κ3) is 5.21. The lowest BCUT2D eigenvalue weighted by atomic mass is 9.76. The maximum absolute atomic E-state index is 12.4. The number of Topliss-reactive ketones (excluding diaryl/α,β-unsaturated/α-hetero) is 1. The van der Waals surface area contributed by atoms with Gasteiger partial charge in [0.25, 0.3) is 0 Å². The molecule has 0 aromatic carbocycles. The van der Waals surface area contributed by atoms with E-state index in [4.69, 9.17) is 4.74 Å². The van der Waals surface area contributed by atoms with Gasteiger partial charge in [0.2, 0.25) is 0 Å². The van der Waals surface area contributed by atoms with Gasteiger partial charge in [-0.25, -0.2) is 0 Å². The van der Waals surface area contributed by atoms with Gasteiger partial charge in [-0.15, -0.1) is 0 Å². The molecule has 0 aromatic rings. The average molecular weight is 381 g/mol. The summed E-state index contributed by atoms with van der Waals surface area (Å²) in [5.41, 5.74) is 0.701. The monoisotopic (exact) mass is 380 g/mol. The third-order valence-corrected chi connectivity index (χ3v) is 6.40. The molecule has 0 heterocycles. The van der Waals surface area contributed by atoms with Gasteiger partial charge in [0.1, 0.15) is 11.9 Å². The van der Waals surface area contributed by atoms with E-state index < -0.39 is 11.7 Å². The molecule has 3 N–H and O–H groups in total. The molecule has 2 rings (SSSR count). The van der Waals surface area contributed by atoms with Crippen LogP contribution in [0, 0.1) is 17.8 Å². The van der Waals surface area contributed by atoms with Crippen molar-refractivity contribution in [3.05, 3.63) is 23.0 Å². The van der Waals surface area contributed by atoms with Crippen LogP contribution < -0.4 is 0 Å². The van der Waals surface area contributed by atoms with Gasteiger partial charge in [0, 0.05) is 31.6 Å². The molecule has 5 nitrogen and oxygen atoms in total. The smallest absolute Gasteiger partial charge is 0.162 e. The number of aliphatic hydroxyl groups excluding tert-OH is 2. The van der Waals surface area contributed by atoms with Crippen molar-refractivity contribution in [1.29, 1.82) is 0 Å². The fourth-order valence-electron chi connectivity index (χ4n) is 4.42. The van der Waals surface area contributed by atoms with Crippen LogP contribution in [-0.2, 0) is 9.53 Å². The topological polar surface area (TPSA) is 87.0 Å². The molecule has 0 saturated carbocycles. The highest BCUT2D eigenvalue weighted by molar-refractivity contribution is 5.97. The Balaban J connectivity index is 2.12. The summed E-state index contributed by atoms with van der Waals surface area (Å²) >= 11 is 0. The van der Waals surface area contributed by atoms with Crippen LogP contribution in [0.1, 0.15) is 65.7 Å². The maximum atomic E-state index is 12.4. The molecule has 2 aliphatic rings. The lowest BCUT2D eigenvalue weighted by Gasteiger charge is -2.33. The van der Waals surface area contributed by atoms with E-state index in [1.165, 1.54) is 5.57 Å². The van der Waals surface area contributed by atoms with Crippen molar-refractivity contribution in [2.45, 2.75) is 77.4 Å². The first-order valence-electron chi connectivity index (χ1n) is 10.2. The van der Waals surface area contributed by atoms with Gasteiger partial charge in [-0.1, -0.05) is 31.9 Å². The Morgan fingerprint density at radius 1 is 1.33 bits per heavy atom. The lowest BCUT2D eigenvalue weighted by molar-refractivity contribution is -0.118. The Hall–Kier alpha value is -1.17. The van der Waals surface area contributed by atoms with Crippen LogP contribution in [0.5, 0.6) is 0 Å². The number of allylic oxidation sites excluding steroid dienone is 1. The lowest BCUT2D eigenvalue weighted by Crippen LogP contribution is -2.35. The zero-order valence-corrected chi connectivity index (χ0v) is 17.2. The summed E-state index contributed by atoms with van der Waals surface area (Å²) in [5.74, 6) is 0.447. The predicted molar refractivity (Wildman–Crippen MR) is 105 cm³/mol. The van der Waals surface area contributed by atoms with Crippen molar-refractivity contribution in [2.75, 3.05) is 13.7 Å². The van der Waals surface area contributed by atoms with Crippen LogP contribution in [0.25, 0.3) is 0 Å². The Morgan fingerprint density at radius 2 is 2.04 bits per heavy atom. The molecule has 0 saturated heterocycles. The van der Waals surface area contributed by atoms with E-state index in [9.17, 15) is 20.1 Å². The van der Waals surface area contributed by atoms with E-state index in [-0.39, 0.29) is 24.1 Å². The molecule has 27 heavy (non-hydrogen) atoms. The highest BCUT2D eigenvalue weighted by atomic mass is 16.5. The number of rotatable bonds is 9. The van der Waals surface area contributed by atoms with Gasteiger partial charge in [-0.05, 0) is 50.9 Å². The number of ketones is 1. The van der Waals surface area contributed by atoms with Crippen molar-refractivity contribution < 1.29 is 24.9 Å². The average Bonchev–Trinajstić information content (AvgIpc) is 2.92. The summed E-state index contributed by atoms with van der Waals surface area (Å²) in [4.78, 5) is 12.4. The number of aliphatic hydroxyl groups is 3. The Kier molecular flexibility index (Phi) is 7.66. The Morgan fingerprint density at radius 3 is 2.67 bits per heavy atom. The van der Waals surface area contributed by atoms with Crippen LogP contribution >= 0.6 is 0 Å². The first-order chi connectivity index (χ1) is 12.7. The minimum atomic E-state index is -0.907. The van der Waals surface area contributed by atoms with Crippen molar-refractivity contribution in [3.8, 4) is 0 Å². The number of carbonyl (C=O) groups is 1. The maximum Gasteiger partial charge on any atom is 0.162 e. The minimum absolute atomic E-state index is 0.0349. The summed E-state index contributed by atoms with van der Waals surface area (Å²) < 4.78 is 5.30. The Labute approximate surface area is 163 Å². The molecule has 154 valence electrons. The molecule has 5 unspecified atom stereocenters. The van der Waals surface area contributed by atoms with Crippen LogP contribution in [0.4, 0.5) is 0 Å². The SMILES string of the molecule is COC1CCC(=O)C(CC2C(C(C)CCCC(C)CO)=CCC2(C)O)=C1O. The second-order valence-electron chi connectivity index (χ2n) is 8.69. The van der Waals surface area contributed by atoms with Crippen molar-refractivity contribution in [1.82, 2.24) is 0 Å². The molecule has 0 radical (unpaired) electrons. The van der Waals surface area contributed by atoms with Crippen molar-refractivity contribution >= 4 is 5.78 Å². The first kappa shape index (κ1) is 22.1. The molecule has 0 spiro atoms. The zero-order valence-electron chi connectivity index (χ0n) is 17.2. The first-order valence-corrected chi connectivity index (χ1v) is 10.2. The van der Waals surface area contributed by atoms with E-state index >= 15 is 0 Å². The minimum Gasteiger partial charge on any atom is -0.509 e. The number of hydrogen-bond acceptors (Lipinski definition) is 5. The second kappa shape index (κ2) is 9.35. The molecule has 0 aromatic heterocycles. The van der Waals surface area contributed by atoms with Crippen LogP contribution in [0.15, 0.2) is 23.0 Å². The molecule has 5 heteroatoms. The van der Waals surface area contributed by atoms with Crippen molar-refractivity contribution in [2.24, 2.45) is 17.8 Å². The van der Waals surface area contributed by atoms with E-state index in [2.05, 4.69) is 13.0 Å². The summed E-state index contributed by atoms with van der Waals surface area (Å²) in [6.07, 6.45) is 6.50. The molecule has 0 bridgehead atoms. The summed E-state index contributed by atoms with van der Waals surface area (Å²) in [7, 11) is 1.54. The van der Waals surface area contributed by atoms with E-state index in [1.807, 2.05) is 13.8 Å². The number of methoxy groups -OCH3 is 1. The summed E-state index contributed by atoms with van der Waals surface area (Å²) in [6.45, 7) is 6.24. The molecule has 0 amide bonds. The van der Waals surface area contributed by atoms with Crippen LogP contribution in [-0.4, -0.2) is 46.5 Å². The molecule has 0 aliphatic heterocycles. The third-order valence-electron chi connectivity index (χ3n) is 6.40. The van der Waals surface area contributed by atoms with E-state index in [0.29, 0.717) is 43.1 Å². The second-order valence-corrected chi connectivity index (χ2v) is 8.69. The van der Waals surface area contributed by atoms with Crippen LogP contribution in [0.2, 0.25) is 0 Å². The van der Waals surface area contributed by atoms with E-state index in [1.54, 1.807) is 7.11 Å². The standard InChI is InChI=1S/C22H36O5/c1-14(13-23)6-5-7-15(2)16-10-11-22(3,26)18(16)12-17-19(24)8-9-20(27-4)21(17)25/h10,14-15,18,20,23,25-26H,5-9,11-13H2,1-4H3. The van der Waals surface area contributed by atoms with Crippen molar-refractivity contribution in [3.63, 3.8) is 0 Å². The highest BCUT2D eigenvalue weighted by Gasteiger charge is 2.42. The molecule has 5 atom stereocenters. The normalized spacial score (nSPS) is 31.2. The molecule has 0 fully saturated rings. The number of ether oxygens (including phenoxy) is 1. The van der Waals surface area contributed by atoms with Gasteiger partial charge in [-0.3, -0.25) is 4.79 Å². The van der Waals surface area contributed by atoms with Gasteiger partial charge in [-0.2, -0.15) is 0 Å². The van der Waals surface area contributed by atoms with E-state index in [0.717, 1.165) is 19.3 Å². The predicted octanol–water partition coefficient (Wildman–Crippen LogP) is 3.70. The zero-order chi connectivity index (χ0) is 20.2. The Bertz CT molecular complexity index is 590. The summed E-state index contributed by atoms with van der Waals surface area (Å²) in [6, 6.07) is 0. The molecular weight excluding hydrogens is 344 g/mol.